The average Bonchev–Trinajstić information content (AvgIpc) is 2.13. The van der Waals surface area contributed by atoms with Crippen LogP contribution in [-0.2, 0) is 0 Å². The first kappa shape index (κ1) is 11.8. The molecule has 13 heavy (non-hydrogen) atoms. The number of hydrazone groups is 1. The summed E-state index contributed by atoms with van der Waals surface area (Å²) in [6, 6.07) is 0. The van der Waals surface area contributed by atoms with E-state index in [4.69, 9.17) is 17.4 Å². The van der Waals surface area contributed by atoms with Gasteiger partial charge in [-0.3, -0.25) is 5.43 Å². The van der Waals surface area contributed by atoms with Gasteiger partial charge in [-0.15, -0.1) is 0 Å². The second kappa shape index (κ2) is 6.36. The van der Waals surface area contributed by atoms with Crippen molar-refractivity contribution in [2.45, 2.75) is 20.8 Å². The van der Waals surface area contributed by atoms with Crippen molar-refractivity contribution in [1.82, 2.24) is 10.7 Å². The Balaban J connectivity index is 4.04. The molecule has 3 N–H and O–H groups in total. The van der Waals surface area contributed by atoms with E-state index in [1.54, 1.807) is 13.8 Å². The summed E-state index contributed by atoms with van der Waals surface area (Å²) in [6.07, 6.45) is 0. The molecule has 0 aromatic heterocycles. The van der Waals surface area contributed by atoms with E-state index >= 15 is 0 Å². The van der Waals surface area contributed by atoms with Crippen LogP contribution in [0.1, 0.15) is 20.8 Å². The van der Waals surface area contributed by atoms with Crippen molar-refractivity contribution in [1.29, 1.82) is 0 Å². The van der Waals surface area contributed by atoms with Crippen LogP contribution in [0.25, 0.3) is 0 Å². The predicted octanol–water partition coefficient (Wildman–Crippen LogP) is 0.696. The topological polar surface area (TPSA) is 69.0 Å². The maximum Gasteiger partial charge on any atom is 0.186 e. The van der Waals surface area contributed by atoms with Gasteiger partial charge in [0.1, 0.15) is 0 Å². The van der Waals surface area contributed by atoms with Gasteiger partial charge in [-0.2, -0.15) is 5.10 Å². The molecule has 0 amide bonds. The minimum absolute atomic E-state index is 0.451. The molecule has 0 radical (unpaired) electrons. The standard InChI is InChI=1S/C7H14N4OS/c1-4-8-7(13)10-9-5(2)6(3)11-12/h12H,4H2,1-3H3,(H2,8,10,13)/b9-5+,11-6+. The maximum absolute atomic E-state index is 8.40. The first-order chi connectivity index (χ1) is 6.11. The minimum atomic E-state index is 0.451. The van der Waals surface area contributed by atoms with E-state index in [0.29, 0.717) is 16.5 Å². The van der Waals surface area contributed by atoms with E-state index in [1.165, 1.54) is 0 Å². The Hall–Kier alpha value is -1.17. The molecule has 0 unspecified atom stereocenters. The zero-order chi connectivity index (χ0) is 10.3. The Morgan fingerprint density at radius 2 is 2.00 bits per heavy atom. The summed E-state index contributed by atoms with van der Waals surface area (Å²) in [5.41, 5.74) is 3.65. The number of hydrogen-bond donors (Lipinski definition) is 3. The zero-order valence-corrected chi connectivity index (χ0v) is 8.77. The summed E-state index contributed by atoms with van der Waals surface area (Å²) in [5.74, 6) is 0. The highest BCUT2D eigenvalue weighted by molar-refractivity contribution is 7.80. The van der Waals surface area contributed by atoms with Crippen molar-refractivity contribution >= 4 is 28.8 Å². The van der Waals surface area contributed by atoms with E-state index in [0.717, 1.165) is 6.54 Å². The zero-order valence-electron chi connectivity index (χ0n) is 7.96. The maximum atomic E-state index is 8.40. The van der Waals surface area contributed by atoms with Crippen LogP contribution in [0.15, 0.2) is 10.3 Å². The van der Waals surface area contributed by atoms with Crippen LogP contribution in [0.4, 0.5) is 0 Å². The molecule has 0 atom stereocenters. The SMILES string of the molecule is CCNC(=S)N/N=C(C)/C(C)=N/O. The fourth-order valence-corrected chi connectivity index (χ4v) is 0.678. The van der Waals surface area contributed by atoms with E-state index in [2.05, 4.69) is 21.0 Å². The molecule has 0 saturated heterocycles. The van der Waals surface area contributed by atoms with Crippen molar-refractivity contribution in [3.05, 3.63) is 0 Å². The van der Waals surface area contributed by atoms with Gasteiger partial charge in [0.05, 0.1) is 11.4 Å². The summed E-state index contributed by atoms with van der Waals surface area (Å²) in [5, 5.41) is 18.6. The van der Waals surface area contributed by atoms with E-state index in [1.807, 2.05) is 6.92 Å². The molecule has 0 aromatic rings. The van der Waals surface area contributed by atoms with Crippen LogP contribution in [0, 0.1) is 0 Å². The van der Waals surface area contributed by atoms with Gasteiger partial charge >= 0.3 is 0 Å². The van der Waals surface area contributed by atoms with Crippen molar-refractivity contribution in [2.24, 2.45) is 10.3 Å². The number of hydrogen-bond acceptors (Lipinski definition) is 4. The van der Waals surface area contributed by atoms with Crippen molar-refractivity contribution in [3.8, 4) is 0 Å². The van der Waals surface area contributed by atoms with E-state index in [-0.39, 0.29) is 0 Å². The van der Waals surface area contributed by atoms with Gasteiger partial charge in [0, 0.05) is 6.54 Å². The molecular formula is C7H14N4OS. The van der Waals surface area contributed by atoms with Gasteiger partial charge in [-0.05, 0) is 33.0 Å². The number of nitrogens with one attached hydrogen (secondary N) is 2. The highest BCUT2D eigenvalue weighted by atomic mass is 32.1. The van der Waals surface area contributed by atoms with Crippen LogP contribution in [0.2, 0.25) is 0 Å². The van der Waals surface area contributed by atoms with Crippen LogP contribution in [0.5, 0.6) is 0 Å². The number of nitrogens with zero attached hydrogens (tertiary/aromatic N) is 2. The predicted molar refractivity (Wildman–Crippen MR) is 57.4 cm³/mol. The Labute approximate surface area is 82.9 Å². The number of thiocarbonyl (C=S) groups is 1. The van der Waals surface area contributed by atoms with Crippen molar-refractivity contribution in [3.63, 3.8) is 0 Å². The third-order valence-electron chi connectivity index (χ3n) is 1.34. The number of rotatable bonds is 3. The molecule has 0 saturated carbocycles. The van der Waals surface area contributed by atoms with Crippen LogP contribution in [-0.4, -0.2) is 28.3 Å². The van der Waals surface area contributed by atoms with Crippen LogP contribution >= 0.6 is 12.2 Å². The van der Waals surface area contributed by atoms with Crippen molar-refractivity contribution < 1.29 is 5.21 Å². The summed E-state index contributed by atoms with van der Waals surface area (Å²) in [7, 11) is 0. The molecule has 0 aliphatic heterocycles. The summed E-state index contributed by atoms with van der Waals surface area (Å²) in [6.45, 7) is 6.05. The third kappa shape index (κ3) is 5.13. The molecule has 0 aromatic carbocycles. The summed E-state index contributed by atoms with van der Waals surface area (Å²) >= 11 is 4.86. The molecular weight excluding hydrogens is 188 g/mol. The summed E-state index contributed by atoms with van der Waals surface area (Å²) in [4.78, 5) is 0. The lowest BCUT2D eigenvalue weighted by molar-refractivity contribution is 0.320. The lowest BCUT2D eigenvalue weighted by Crippen LogP contribution is -2.32. The molecule has 0 heterocycles. The molecule has 0 spiro atoms. The lowest BCUT2D eigenvalue weighted by atomic mass is 10.3. The van der Waals surface area contributed by atoms with Gasteiger partial charge in [-0.25, -0.2) is 0 Å². The molecule has 0 bridgehead atoms. The molecule has 0 aliphatic carbocycles. The van der Waals surface area contributed by atoms with E-state index in [9.17, 15) is 0 Å². The van der Waals surface area contributed by atoms with Gasteiger partial charge in [-0.1, -0.05) is 5.16 Å². The number of oxime groups is 1. The first-order valence-electron chi connectivity index (χ1n) is 3.89. The van der Waals surface area contributed by atoms with Gasteiger partial charge in [0.25, 0.3) is 0 Å². The lowest BCUT2D eigenvalue weighted by Gasteiger charge is -2.04. The minimum Gasteiger partial charge on any atom is -0.411 e. The van der Waals surface area contributed by atoms with Crippen LogP contribution in [0.3, 0.4) is 0 Å². The third-order valence-corrected chi connectivity index (χ3v) is 1.57. The Morgan fingerprint density at radius 3 is 2.46 bits per heavy atom. The Morgan fingerprint density at radius 1 is 1.38 bits per heavy atom. The first-order valence-corrected chi connectivity index (χ1v) is 4.29. The van der Waals surface area contributed by atoms with E-state index < -0.39 is 0 Å². The molecule has 0 aliphatic rings. The molecule has 6 heteroatoms. The fourth-order valence-electron chi connectivity index (χ4n) is 0.488. The monoisotopic (exact) mass is 202 g/mol. The van der Waals surface area contributed by atoms with Gasteiger partial charge in [0.15, 0.2) is 5.11 Å². The van der Waals surface area contributed by atoms with Gasteiger partial charge in [0.2, 0.25) is 0 Å². The fraction of sp³-hybridized carbons (Fsp3) is 0.571. The van der Waals surface area contributed by atoms with Crippen molar-refractivity contribution in [2.75, 3.05) is 6.54 Å². The highest BCUT2D eigenvalue weighted by Gasteiger charge is 1.96. The smallest absolute Gasteiger partial charge is 0.186 e. The Bertz CT molecular complexity index is 237. The highest BCUT2D eigenvalue weighted by Crippen LogP contribution is 1.81. The molecule has 5 nitrogen and oxygen atoms in total. The quantitative estimate of drug-likeness (QED) is 0.273. The van der Waals surface area contributed by atoms with Gasteiger partial charge < -0.3 is 10.5 Å². The largest absolute Gasteiger partial charge is 0.411 e. The Kier molecular flexibility index (Phi) is 5.79. The second-order valence-corrected chi connectivity index (χ2v) is 2.76. The average molecular weight is 202 g/mol. The second-order valence-electron chi connectivity index (χ2n) is 2.35. The molecule has 74 valence electrons. The molecule has 0 rings (SSSR count). The van der Waals surface area contributed by atoms with Crippen LogP contribution < -0.4 is 10.7 Å². The normalized spacial score (nSPS) is 12.5. The summed E-state index contributed by atoms with van der Waals surface area (Å²) < 4.78 is 0. The molecule has 0 fully saturated rings.